The number of carboxylic acids is 1. The molecule has 0 saturated carbocycles. The molecule has 0 saturated heterocycles. The number of anilines is 1. The summed E-state index contributed by atoms with van der Waals surface area (Å²) in [5.74, 6) is -0.0605. The van der Waals surface area contributed by atoms with Crippen LogP contribution < -0.4 is 5.32 Å². The largest absolute Gasteiger partial charge is 0.480 e. The molecular weight excluding hydrogens is 260 g/mol. The lowest BCUT2D eigenvalue weighted by molar-refractivity contribution is -0.141. The normalized spacial score (nSPS) is 13.4. The van der Waals surface area contributed by atoms with Gasteiger partial charge in [-0.25, -0.2) is 4.79 Å². The van der Waals surface area contributed by atoms with Gasteiger partial charge >= 0.3 is 5.97 Å². The second kappa shape index (κ2) is 6.48. The molecule has 0 radical (unpaired) electrons. The molecule has 1 atom stereocenters. The van der Waals surface area contributed by atoms with Crippen LogP contribution in [-0.4, -0.2) is 22.4 Å². The van der Waals surface area contributed by atoms with Gasteiger partial charge in [-0.15, -0.1) is 11.8 Å². The third-order valence-corrected chi connectivity index (χ3v) is 3.97. The standard InChI is InChI=1S/C14H18N2O2S/c1-4-14(3,13(17)18)16-11-7-6-8-12(19-5-2)10(11)9-15/h6-8,16H,4-5H2,1-3H3,(H,17,18). The quantitative estimate of drug-likeness (QED) is 0.781. The Bertz CT molecular complexity index is 511. The molecule has 0 aromatic heterocycles. The van der Waals surface area contributed by atoms with Crippen molar-refractivity contribution in [2.45, 2.75) is 37.6 Å². The molecule has 0 spiro atoms. The molecule has 0 fully saturated rings. The lowest BCUT2D eigenvalue weighted by atomic mass is 9.98. The van der Waals surface area contributed by atoms with Gasteiger partial charge in [-0.1, -0.05) is 19.9 Å². The van der Waals surface area contributed by atoms with Crippen LogP contribution in [-0.2, 0) is 4.79 Å². The number of carboxylic acid groups (broad SMARTS) is 1. The molecule has 102 valence electrons. The van der Waals surface area contributed by atoms with Crippen LogP contribution >= 0.6 is 11.8 Å². The fourth-order valence-corrected chi connectivity index (χ4v) is 2.40. The van der Waals surface area contributed by atoms with Gasteiger partial charge in [0.15, 0.2) is 0 Å². The zero-order valence-electron chi connectivity index (χ0n) is 11.4. The summed E-state index contributed by atoms with van der Waals surface area (Å²) in [6.45, 7) is 5.44. The Hall–Kier alpha value is -1.67. The number of hydrogen-bond acceptors (Lipinski definition) is 4. The Kier molecular flexibility index (Phi) is 5.25. The summed E-state index contributed by atoms with van der Waals surface area (Å²) >= 11 is 1.57. The SMILES string of the molecule is CCSc1cccc(NC(C)(CC)C(=O)O)c1C#N. The maximum Gasteiger partial charge on any atom is 0.329 e. The lowest BCUT2D eigenvalue weighted by Crippen LogP contribution is -2.42. The second-order valence-corrected chi connectivity index (χ2v) is 5.65. The molecule has 0 aliphatic rings. The van der Waals surface area contributed by atoms with Crippen molar-refractivity contribution < 1.29 is 9.90 Å². The zero-order valence-corrected chi connectivity index (χ0v) is 12.2. The maximum absolute atomic E-state index is 11.3. The van der Waals surface area contributed by atoms with Crippen LogP contribution in [0.1, 0.15) is 32.8 Å². The predicted octanol–water partition coefficient (Wildman–Crippen LogP) is 3.34. The van der Waals surface area contributed by atoms with Crippen molar-refractivity contribution >= 4 is 23.4 Å². The number of hydrogen-bond donors (Lipinski definition) is 2. The Balaban J connectivity index is 3.18. The second-order valence-electron chi connectivity index (χ2n) is 4.34. The van der Waals surface area contributed by atoms with Crippen molar-refractivity contribution in [3.05, 3.63) is 23.8 Å². The van der Waals surface area contributed by atoms with Crippen molar-refractivity contribution in [1.29, 1.82) is 5.26 Å². The summed E-state index contributed by atoms with van der Waals surface area (Å²) in [6, 6.07) is 7.61. The van der Waals surface area contributed by atoms with E-state index in [0.717, 1.165) is 10.6 Å². The van der Waals surface area contributed by atoms with E-state index in [9.17, 15) is 15.2 Å². The Morgan fingerprint density at radius 1 is 1.53 bits per heavy atom. The number of benzene rings is 1. The number of thioether (sulfide) groups is 1. The third kappa shape index (κ3) is 3.42. The number of nitriles is 1. The van der Waals surface area contributed by atoms with Gasteiger partial charge in [-0.05, 0) is 31.2 Å². The van der Waals surface area contributed by atoms with Crippen molar-refractivity contribution in [1.82, 2.24) is 0 Å². The topological polar surface area (TPSA) is 73.1 Å². The van der Waals surface area contributed by atoms with Crippen LogP contribution in [0.5, 0.6) is 0 Å². The highest BCUT2D eigenvalue weighted by Gasteiger charge is 2.31. The van der Waals surface area contributed by atoms with E-state index in [-0.39, 0.29) is 0 Å². The molecule has 2 N–H and O–H groups in total. The predicted molar refractivity (Wildman–Crippen MR) is 77.5 cm³/mol. The van der Waals surface area contributed by atoms with E-state index in [0.29, 0.717) is 17.7 Å². The number of nitrogens with zero attached hydrogens (tertiary/aromatic N) is 1. The highest BCUT2D eigenvalue weighted by atomic mass is 32.2. The van der Waals surface area contributed by atoms with Gasteiger partial charge < -0.3 is 10.4 Å². The average molecular weight is 278 g/mol. The van der Waals surface area contributed by atoms with Gasteiger partial charge in [-0.2, -0.15) is 5.26 Å². The first-order chi connectivity index (χ1) is 8.98. The van der Waals surface area contributed by atoms with Gasteiger partial charge in [0, 0.05) is 4.90 Å². The molecule has 5 heteroatoms. The fourth-order valence-electron chi connectivity index (χ4n) is 1.62. The summed E-state index contributed by atoms with van der Waals surface area (Å²) in [5.41, 5.74) is 0.0177. The lowest BCUT2D eigenvalue weighted by Gasteiger charge is -2.26. The zero-order chi connectivity index (χ0) is 14.5. The molecular formula is C14H18N2O2S. The highest BCUT2D eigenvalue weighted by Crippen LogP contribution is 2.30. The van der Waals surface area contributed by atoms with Crippen LogP contribution in [0.25, 0.3) is 0 Å². The molecule has 0 bridgehead atoms. The van der Waals surface area contributed by atoms with E-state index >= 15 is 0 Å². The first-order valence-electron chi connectivity index (χ1n) is 6.16. The molecule has 0 amide bonds. The van der Waals surface area contributed by atoms with E-state index in [1.54, 1.807) is 31.7 Å². The van der Waals surface area contributed by atoms with E-state index in [1.165, 1.54) is 0 Å². The van der Waals surface area contributed by atoms with Crippen molar-refractivity contribution in [2.75, 3.05) is 11.1 Å². The molecule has 1 aromatic rings. The van der Waals surface area contributed by atoms with Gasteiger partial charge in [0.25, 0.3) is 0 Å². The molecule has 0 aliphatic carbocycles. The minimum atomic E-state index is -1.07. The number of carbonyl (C=O) groups is 1. The molecule has 1 unspecified atom stereocenters. The molecule has 19 heavy (non-hydrogen) atoms. The van der Waals surface area contributed by atoms with E-state index < -0.39 is 11.5 Å². The van der Waals surface area contributed by atoms with Gasteiger partial charge in [0.2, 0.25) is 0 Å². The van der Waals surface area contributed by atoms with E-state index in [4.69, 9.17) is 0 Å². The van der Waals surface area contributed by atoms with E-state index in [1.807, 2.05) is 19.1 Å². The summed E-state index contributed by atoms with van der Waals surface area (Å²) in [5, 5.41) is 21.6. The fraction of sp³-hybridized carbons (Fsp3) is 0.429. The van der Waals surface area contributed by atoms with Crippen molar-refractivity contribution in [2.24, 2.45) is 0 Å². The van der Waals surface area contributed by atoms with Gasteiger partial charge in [0.05, 0.1) is 11.3 Å². The van der Waals surface area contributed by atoms with Crippen LogP contribution in [0.3, 0.4) is 0 Å². The van der Waals surface area contributed by atoms with E-state index in [2.05, 4.69) is 11.4 Å². The average Bonchev–Trinajstić information content (AvgIpc) is 2.39. The summed E-state index contributed by atoms with van der Waals surface area (Å²) in [4.78, 5) is 12.2. The smallest absolute Gasteiger partial charge is 0.329 e. The third-order valence-electron chi connectivity index (χ3n) is 3.03. The number of nitrogens with one attached hydrogen (secondary N) is 1. The van der Waals surface area contributed by atoms with Crippen LogP contribution in [0, 0.1) is 11.3 Å². The minimum absolute atomic E-state index is 0.429. The van der Waals surface area contributed by atoms with Crippen LogP contribution in [0.2, 0.25) is 0 Å². The van der Waals surface area contributed by atoms with Gasteiger partial charge in [-0.3, -0.25) is 0 Å². The van der Waals surface area contributed by atoms with Crippen LogP contribution in [0.4, 0.5) is 5.69 Å². The molecule has 4 nitrogen and oxygen atoms in total. The monoisotopic (exact) mass is 278 g/mol. The van der Waals surface area contributed by atoms with Crippen molar-refractivity contribution in [3.8, 4) is 6.07 Å². The Morgan fingerprint density at radius 3 is 2.68 bits per heavy atom. The minimum Gasteiger partial charge on any atom is -0.480 e. The maximum atomic E-state index is 11.3. The first kappa shape index (κ1) is 15.4. The summed E-state index contributed by atoms with van der Waals surface area (Å²) < 4.78 is 0. The Labute approximate surface area is 117 Å². The highest BCUT2D eigenvalue weighted by molar-refractivity contribution is 7.99. The summed E-state index contributed by atoms with van der Waals surface area (Å²) in [6.07, 6.45) is 0.429. The van der Waals surface area contributed by atoms with Crippen LogP contribution in [0.15, 0.2) is 23.1 Å². The number of rotatable bonds is 6. The van der Waals surface area contributed by atoms with Crippen molar-refractivity contribution in [3.63, 3.8) is 0 Å². The number of aliphatic carboxylic acids is 1. The molecule has 1 rings (SSSR count). The molecule has 0 aliphatic heterocycles. The summed E-state index contributed by atoms with van der Waals surface area (Å²) in [7, 11) is 0. The molecule has 1 aromatic carbocycles. The van der Waals surface area contributed by atoms with Gasteiger partial charge in [0.1, 0.15) is 11.6 Å². The Morgan fingerprint density at radius 2 is 2.21 bits per heavy atom. The molecule has 0 heterocycles. The first-order valence-corrected chi connectivity index (χ1v) is 7.14.